The lowest BCUT2D eigenvalue weighted by Crippen LogP contribution is -1.98. The van der Waals surface area contributed by atoms with Crippen molar-refractivity contribution in [1.29, 1.82) is 10.5 Å². The SMILES string of the molecule is N#Cc1cc(C#N)c(-c2c3ccccc3c(-c3ccccc3)c3ccccc23)c(-c2cccc(-n3c4ccccc4c4ccccc43)c2)c1. The molecule has 0 atom stereocenters. The van der Waals surface area contributed by atoms with E-state index in [1.807, 2.05) is 12.1 Å². The van der Waals surface area contributed by atoms with Gasteiger partial charge in [0.1, 0.15) is 0 Å². The first kappa shape index (κ1) is 28.3. The zero-order valence-electron chi connectivity index (χ0n) is 26.4. The van der Waals surface area contributed by atoms with Gasteiger partial charge in [-0.25, -0.2) is 0 Å². The van der Waals surface area contributed by atoms with Crippen molar-refractivity contribution < 1.29 is 0 Å². The highest BCUT2D eigenvalue weighted by atomic mass is 15.0. The standard InChI is InChI=1S/C46H27N3/c47-28-30-25-33(29-48)45(46-39-21-6-4-19-37(39)44(31-13-2-1-3-14-31)38-20-5-7-22-40(38)46)41(26-30)32-15-12-16-34(27-32)49-42-23-10-8-17-35(42)36-18-9-11-24-43(36)49/h1-27H. The van der Waals surface area contributed by atoms with Gasteiger partial charge in [-0.3, -0.25) is 0 Å². The Balaban J connectivity index is 1.38. The predicted molar refractivity (Wildman–Crippen MR) is 202 cm³/mol. The van der Waals surface area contributed by atoms with Gasteiger partial charge in [-0.2, -0.15) is 10.5 Å². The maximum absolute atomic E-state index is 10.7. The van der Waals surface area contributed by atoms with Crippen LogP contribution in [0.5, 0.6) is 0 Å². The van der Waals surface area contributed by atoms with E-state index in [-0.39, 0.29) is 0 Å². The second kappa shape index (κ2) is 11.4. The fourth-order valence-corrected chi connectivity index (χ4v) is 7.62. The number of hydrogen-bond donors (Lipinski definition) is 0. The number of benzene rings is 8. The van der Waals surface area contributed by atoms with Crippen LogP contribution in [-0.4, -0.2) is 4.57 Å². The van der Waals surface area contributed by atoms with E-state index in [1.165, 1.54) is 10.8 Å². The van der Waals surface area contributed by atoms with Gasteiger partial charge < -0.3 is 4.57 Å². The zero-order chi connectivity index (χ0) is 32.9. The molecule has 0 unspecified atom stereocenters. The third-order valence-corrected chi connectivity index (χ3v) is 9.63. The third kappa shape index (κ3) is 4.42. The summed E-state index contributed by atoms with van der Waals surface area (Å²) in [5, 5.41) is 27.6. The molecule has 0 aliphatic rings. The Morgan fingerprint density at radius 2 is 0.898 bits per heavy atom. The predicted octanol–water partition coefficient (Wildman–Crippen LogP) is 11.8. The lowest BCUT2D eigenvalue weighted by molar-refractivity contribution is 1.18. The van der Waals surface area contributed by atoms with Crippen LogP contribution >= 0.6 is 0 Å². The van der Waals surface area contributed by atoms with Gasteiger partial charge in [-0.1, -0.05) is 127 Å². The largest absolute Gasteiger partial charge is 0.309 e. The zero-order valence-corrected chi connectivity index (χ0v) is 26.4. The van der Waals surface area contributed by atoms with Gasteiger partial charge in [-0.15, -0.1) is 0 Å². The minimum Gasteiger partial charge on any atom is -0.309 e. The normalized spacial score (nSPS) is 11.2. The molecule has 8 aromatic carbocycles. The first-order chi connectivity index (χ1) is 24.2. The summed E-state index contributed by atoms with van der Waals surface area (Å²) in [7, 11) is 0. The summed E-state index contributed by atoms with van der Waals surface area (Å²) < 4.78 is 2.30. The van der Waals surface area contributed by atoms with Crippen LogP contribution in [-0.2, 0) is 0 Å². The van der Waals surface area contributed by atoms with E-state index in [0.29, 0.717) is 11.1 Å². The number of hydrogen-bond acceptors (Lipinski definition) is 2. The molecule has 0 aliphatic carbocycles. The molecular formula is C46H27N3. The number of para-hydroxylation sites is 2. The summed E-state index contributed by atoms with van der Waals surface area (Å²) in [6, 6.07) is 61.3. The molecule has 0 fully saturated rings. The van der Waals surface area contributed by atoms with Gasteiger partial charge in [0.15, 0.2) is 0 Å². The Morgan fingerprint density at radius 1 is 0.388 bits per heavy atom. The Kier molecular flexibility index (Phi) is 6.58. The van der Waals surface area contributed by atoms with Crippen molar-refractivity contribution in [3.8, 4) is 51.2 Å². The minimum absolute atomic E-state index is 0.451. The summed E-state index contributed by atoms with van der Waals surface area (Å²) in [5.41, 5.74) is 10.1. The highest BCUT2D eigenvalue weighted by Crippen LogP contribution is 2.47. The Morgan fingerprint density at radius 3 is 1.47 bits per heavy atom. The second-order valence-corrected chi connectivity index (χ2v) is 12.3. The molecule has 0 N–H and O–H groups in total. The van der Waals surface area contributed by atoms with E-state index in [2.05, 4.69) is 162 Å². The first-order valence-corrected chi connectivity index (χ1v) is 16.3. The van der Waals surface area contributed by atoms with Gasteiger partial charge in [-0.05, 0) is 85.8 Å². The van der Waals surface area contributed by atoms with Crippen molar-refractivity contribution in [2.45, 2.75) is 0 Å². The average Bonchev–Trinajstić information content (AvgIpc) is 3.51. The van der Waals surface area contributed by atoms with Crippen LogP contribution < -0.4 is 0 Å². The molecule has 0 radical (unpaired) electrons. The van der Waals surface area contributed by atoms with Gasteiger partial charge in [0, 0.05) is 22.0 Å². The maximum atomic E-state index is 10.7. The molecule has 0 aliphatic heterocycles. The van der Waals surface area contributed by atoms with E-state index >= 15 is 0 Å². The smallest absolute Gasteiger partial charge is 0.0998 e. The molecule has 0 spiro atoms. The van der Waals surface area contributed by atoms with E-state index in [4.69, 9.17) is 0 Å². The lowest BCUT2D eigenvalue weighted by Gasteiger charge is -2.21. The molecule has 0 bridgehead atoms. The van der Waals surface area contributed by atoms with Gasteiger partial charge in [0.05, 0.1) is 34.3 Å². The van der Waals surface area contributed by atoms with Crippen molar-refractivity contribution in [1.82, 2.24) is 4.57 Å². The Labute approximate surface area is 283 Å². The molecule has 9 rings (SSSR count). The summed E-state index contributed by atoms with van der Waals surface area (Å²) >= 11 is 0. The van der Waals surface area contributed by atoms with Crippen molar-refractivity contribution in [2.75, 3.05) is 0 Å². The fraction of sp³-hybridized carbons (Fsp3) is 0. The van der Waals surface area contributed by atoms with Crippen LogP contribution in [0, 0.1) is 22.7 Å². The molecule has 3 heteroatoms. The van der Waals surface area contributed by atoms with Crippen LogP contribution in [0.1, 0.15) is 11.1 Å². The van der Waals surface area contributed by atoms with Crippen LogP contribution in [0.15, 0.2) is 164 Å². The summed E-state index contributed by atoms with van der Waals surface area (Å²) in [4.78, 5) is 0. The summed E-state index contributed by atoms with van der Waals surface area (Å²) in [5.74, 6) is 0. The van der Waals surface area contributed by atoms with Crippen LogP contribution in [0.4, 0.5) is 0 Å². The van der Waals surface area contributed by atoms with Gasteiger partial charge in [0.2, 0.25) is 0 Å². The van der Waals surface area contributed by atoms with Crippen LogP contribution in [0.2, 0.25) is 0 Å². The molecule has 3 nitrogen and oxygen atoms in total. The molecule has 49 heavy (non-hydrogen) atoms. The lowest BCUT2D eigenvalue weighted by atomic mass is 9.81. The summed E-state index contributed by atoms with van der Waals surface area (Å²) in [6.45, 7) is 0. The number of fused-ring (bicyclic) bond motifs is 5. The molecule has 0 amide bonds. The Bertz CT molecular complexity index is 2740. The molecule has 9 aromatic rings. The van der Waals surface area contributed by atoms with Crippen LogP contribution in [0.25, 0.3) is 82.4 Å². The third-order valence-electron chi connectivity index (χ3n) is 9.63. The molecule has 1 aromatic heterocycles. The molecule has 0 saturated heterocycles. The van der Waals surface area contributed by atoms with Crippen molar-refractivity contribution >= 4 is 43.4 Å². The average molecular weight is 622 g/mol. The van der Waals surface area contributed by atoms with Gasteiger partial charge >= 0.3 is 0 Å². The van der Waals surface area contributed by atoms with E-state index in [0.717, 1.165) is 71.6 Å². The number of nitrogens with zero attached hydrogens (tertiary/aromatic N) is 3. The molecule has 1 heterocycles. The maximum Gasteiger partial charge on any atom is 0.0998 e. The molecule has 0 saturated carbocycles. The fourth-order valence-electron chi connectivity index (χ4n) is 7.62. The van der Waals surface area contributed by atoms with E-state index in [9.17, 15) is 10.5 Å². The van der Waals surface area contributed by atoms with Crippen molar-refractivity contribution in [3.05, 3.63) is 175 Å². The van der Waals surface area contributed by atoms with E-state index in [1.54, 1.807) is 6.07 Å². The number of rotatable bonds is 4. The molecule has 226 valence electrons. The monoisotopic (exact) mass is 621 g/mol. The minimum atomic E-state index is 0.451. The quantitative estimate of drug-likeness (QED) is 0.184. The topological polar surface area (TPSA) is 52.5 Å². The number of nitriles is 2. The second-order valence-electron chi connectivity index (χ2n) is 12.3. The van der Waals surface area contributed by atoms with E-state index < -0.39 is 0 Å². The van der Waals surface area contributed by atoms with Crippen molar-refractivity contribution in [2.24, 2.45) is 0 Å². The highest BCUT2D eigenvalue weighted by molar-refractivity contribution is 6.23. The summed E-state index contributed by atoms with van der Waals surface area (Å²) in [6.07, 6.45) is 0. The van der Waals surface area contributed by atoms with Crippen LogP contribution in [0.3, 0.4) is 0 Å². The first-order valence-electron chi connectivity index (χ1n) is 16.3. The van der Waals surface area contributed by atoms with Crippen molar-refractivity contribution in [3.63, 3.8) is 0 Å². The molecular weight excluding hydrogens is 595 g/mol. The highest BCUT2D eigenvalue weighted by Gasteiger charge is 2.23. The van der Waals surface area contributed by atoms with Gasteiger partial charge in [0.25, 0.3) is 0 Å². The number of aromatic nitrogens is 1. The Hall–Kier alpha value is -6.94.